The normalized spacial score (nSPS) is 19.8. The topological polar surface area (TPSA) is 12.0 Å². The molecule has 0 amide bonds. The summed E-state index contributed by atoms with van der Waals surface area (Å²) in [7, 11) is 0. The summed E-state index contributed by atoms with van der Waals surface area (Å²) in [6.07, 6.45) is 1.13. The molecule has 84 valence electrons. The van der Waals surface area contributed by atoms with Gasteiger partial charge in [0, 0.05) is 20.8 Å². The van der Waals surface area contributed by atoms with E-state index in [9.17, 15) is 0 Å². The Kier molecular flexibility index (Phi) is 3.11. The molecule has 2 aromatic heterocycles. The highest BCUT2D eigenvalue weighted by Crippen LogP contribution is 2.40. The fraction of sp³-hybridized carbons (Fsp3) is 0.273. The Morgan fingerprint density at radius 3 is 3.12 bits per heavy atom. The lowest BCUT2D eigenvalue weighted by Gasteiger charge is -2.22. The molecule has 0 aromatic carbocycles. The molecule has 3 heterocycles. The van der Waals surface area contributed by atoms with Crippen molar-refractivity contribution < 1.29 is 0 Å². The van der Waals surface area contributed by atoms with Crippen molar-refractivity contribution in [3.8, 4) is 0 Å². The Morgan fingerprint density at radius 1 is 1.50 bits per heavy atom. The first-order chi connectivity index (χ1) is 7.75. The molecule has 1 aliphatic rings. The standard InChI is InChI=1S/C11H9BrClNS2/c12-7-5-8(16-11(7)13)9-10-6(1-3-14-9)2-4-15-10/h2,4-5,9,14H,1,3H2. The van der Waals surface area contributed by atoms with Crippen molar-refractivity contribution >= 4 is 50.2 Å². The second-order valence-corrected chi connectivity index (χ2v) is 7.21. The summed E-state index contributed by atoms with van der Waals surface area (Å²) in [6.45, 7) is 1.04. The molecule has 0 aliphatic carbocycles. The van der Waals surface area contributed by atoms with Gasteiger partial charge in [0.15, 0.2) is 0 Å². The van der Waals surface area contributed by atoms with Gasteiger partial charge < -0.3 is 5.32 Å². The van der Waals surface area contributed by atoms with Crippen LogP contribution in [0.25, 0.3) is 0 Å². The van der Waals surface area contributed by atoms with Crippen LogP contribution in [0.4, 0.5) is 0 Å². The van der Waals surface area contributed by atoms with Gasteiger partial charge in [0.05, 0.1) is 6.04 Å². The van der Waals surface area contributed by atoms with Crippen LogP contribution in [0.1, 0.15) is 21.4 Å². The van der Waals surface area contributed by atoms with Crippen LogP contribution in [0.2, 0.25) is 4.34 Å². The molecule has 1 nitrogen and oxygen atoms in total. The van der Waals surface area contributed by atoms with Gasteiger partial charge in [0.25, 0.3) is 0 Å². The number of nitrogens with one attached hydrogen (secondary N) is 1. The second-order valence-electron chi connectivity index (χ2n) is 3.72. The van der Waals surface area contributed by atoms with Gasteiger partial charge >= 0.3 is 0 Å². The summed E-state index contributed by atoms with van der Waals surface area (Å²) in [4.78, 5) is 2.73. The first kappa shape index (κ1) is 11.2. The minimum atomic E-state index is 0.331. The van der Waals surface area contributed by atoms with Crippen LogP contribution in [0.5, 0.6) is 0 Å². The van der Waals surface area contributed by atoms with Gasteiger partial charge in [-0.3, -0.25) is 0 Å². The largest absolute Gasteiger partial charge is 0.305 e. The molecule has 0 bridgehead atoms. The molecule has 0 spiro atoms. The molecular formula is C11H9BrClNS2. The van der Waals surface area contributed by atoms with Crippen molar-refractivity contribution in [1.29, 1.82) is 0 Å². The van der Waals surface area contributed by atoms with Crippen LogP contribution in [0, 0.1) is 0 Å². The monoisotopic (exact) mass is 333 g/mol. The molecule has 16 heavy (non-hydrogen) atoms. The number of halogens is 2. The lowest BCUT2D eigenvalue weighted by molar-refractivity contribution is 0.585. The molecule has 1 N–H and O–H groups in total. The number of hydrogen-bond acceptors (Lipinski definition) is 3. The molecule has 0 fully saturated rings. The number of rotatable bonds is 1. The van der Waals surface area contributed by atoms with E-state index in [1.807, 2.05) is 11.3 Å². The minimum Gasteiger partial charge on any atom is -0.305 e. The van der Waals surface area contributed by atoms with Crippen molar-refractivity contribution in [3.05, 3.63) is 41.6 Å². The number of fused-ring (bicyclic) bond motifs is 1. The minimum absolute atomic E-state index is 0.331. The molecule has 0 radical (unpaired) electrons. The SMILES string of the molecule is Clc1sc(C2NCCc3ccsc32)cc1Br. The zero-order valence-corrected chi connectivity index (χ0v) is 12.3. The zero-order valence-electron chi connectivity index (χ0n) is 8.30. The van der Waals surface area contributed by atoms with E-state index in [4.69, 9.17) is 11.6 Å². The van der Waals surface area contributed by atoms with Crippen LogP contribution < -0.4 is 5.32 Å². The fourth-order valence-corrected chi connectivity index (χ4v) is 4.93. The first-order valence-electron chi connectivity index (χ1n) is 5.00. The van der Waals surface area contributed by atoms with E-state index in [1.54, 1.807) is 11.3 Å². The van der Waals surface area contributed by atoms with E-state index in [2.05, 4.69) is 38.8 Å². The Labute approximate surface area is 116 Å². The van der Waals surface area contributed by atoms with E-state index in [0.717, 1.165) is 21.8 Å². The van der Waals surface area contributed by atoms with E-state index >= 15 is 0 Å². The Hall–Kier alpha value is 0.130. The molecule has 0 saturated heterocycles. The fourth-order valence-electron chi connectivity index (χ4n) is 1.99. The van der Waals surface area contributed by atoms with Gasteiger partial charge in [-0.25, -0.2) is 0 Å². The van der Waals surface area contributed by atoms with Crippen LogP contribution in [0.3, 0.4) is 0 Å². The van der Waals surface area contributed by atoms with E-state index < -0.39 is 0 Å². The highest BCUT2D eigenvalue weighted by Gasteiger charge is 2.24. The Balaban J connectivity index is 2.03. The quantitative estimate of drug-likeness (QED) is 0.812. The molecular weight excluding hydrogens is 326 g/mol. The summed E-state index contributed by atoms with van der Waals surface area (Å²) < 4.78 is 1.83. The maximum Gasteiger partial charge on any atom is 0.107 e. The summed E-state index contributed by atoms with van der Waals surface area (Å²) in [5.74, 6) is 0. The lowest BCUT2D eigenvalue weighted by Crippen LogP contribution is -2.28. The van der Waals surface area contributed by atoms with Crippen molar-refractivity contribution in [2.75, 3.05) is 6.54 Å². The van der Waals surface area contributed by atoms with Gasteiger partial charge in [-0.05, 0) is 45.4 Å². The third kappa shape index (κ3) is 1.87. The van der Waals surface area contributed by atoms with Gasteiger partial charge in [-0.2, -0.15) is 0 Å². The number of hydrogen-bond donors (Lipinski definition) is 1. The van der Waals surface area contributed by atoms with Crippen molar-refractivity contribution in [1.82, 2.24) is 5.32 Å². The predicted molar refractivity (Wildman–Crippen MR) is 74.9 cm³/mol. The first-order valence-corrected chi connectivity index (χ1v) is 7.87. The van der Waals surface area contributed by atoms with Crippen LogP contribution in [-0.2, 0) is 6.42 Å². The average Bonchev–Trinajstić information content (AvgIpc) is 2.85. The summed E-state index contributed by atoms with van der Waals surface area (Å²) >= 11 is 13.0. The second kappa shape index (κ2) is 4.42. The molecule has 1 aliphatic heterocycles. The average molecular weight is 335 g/mol. The van der Waals surface area contributed by atoms with Gasteiger partial charge in [-0.1, -0.05) is 11.6 Å². The van der Waals surface area contributed by atoms with E-state index in [-0.39, 0.29) is 0 Å². The zero-order chi connectivity index (χ0) is 11.1. The third-order valence-corrected chi connectivity index (χ3v) is 6.30. The van der Waals surface area contributed by atoms with Crippen molar-refractivity contribution in [3.63, 3.8) is 0 Å². The molecule has 1 atom stereocenters. The smallest absolute Gasteiger partial charge is 0.107 e. The Bertz CT molecular complexity index is 500. The summed E-state index contributed by atoms with van der Waals surface area (Å²) in [5, 5.41) is 5.74. The van der Waals surface area contributed by atoms with Crippen molar-refractivity contribution in [2.45, 2.75) is 12.5 Å². The van der Waals surface area contributed by atoms with Crippen LogP contribution in [-0.4, -0.2) is 6.54 Å². The summed E-state index contributed by atoms with van der Waals surface area (Å²) in [5.41, 5.74) is 1.48. The molecule has 5 heteroatoms. The van der Waals surface area contributed by atoms with Gasteiger partial charge in [-0.15, -0.1) is 22.7 Å². The van der Waals surface area contributed by atoms with Crippen LogP contribution in [0.15, 0.2) is 22.0 Å². The predicted octanol–water partition coefficient (Wildman–Crippen LogP) is 4.46. The van der Waals surface area contributed by atoms with Crippen molar-refractivity contribution in [2.24, 2.45) is 0 Å². The third-order valence-electron chi connectivity index (χ3n) is 2.73. The van der Waals surface area contributed by atoms with Gasteiger partial charge in [0.2, 0.25) is 0 Å². The Morgan fingerprint density at radius 2 is 2.38 bits per heavy atom. The molecule has 3 rings (SSSR count). The summed E-state index contributed by atoms with van der Waals surface area (Å²) in [6, 6.07) is 4.69. The van der Waals surface area contributed by atoms with E-state index in [1.165, 1.54) is 15.3 Å². The maximum absolute atomic E-state index is 6.10. The highest BCUT2D eigenvalue weighted by atomic mass is 79.9. The number of thiophene rings is 2. The van der Waals surface area contributed by atoms with Gasteiger partial charge in [0.1, 0.15) is 4.34 Å². The molecule has 1 unspecified atom stereocenters. The van der Waals surface area contributed by atoms with Crippen LogP contribution >= 0.6 is 50.2 Å². The lowest BCUT2D eigenvalue weighted by atomic mass is 10.0. The maximum atomic E-state index is 6.10. The highest BCUT2D eigenvalue weighted by molar-refractivity contribution is 9.10. The van der Waals surface area contributed by atoms with E-state index in [0.29, 0.717) is 6.04 Å². The molecule has 0 saturated carbocycles. The molecule has 2 aromatic rings.